The van der Waals surface area contributed by atoms with Crippen molar-refractivity contribution in [3.8, 4) is 0 Å². The van der Waals surface area contributed by atoms with Crippen molar-refractivity contribution in [2.75, 3.05) is 29.9 Å². The van der Waals surface area contributed by atoms with Gasteiger partial charge in [-0.3, -0.25) is 4.79 Å². The van der Waals surface area contributed by atoms with Gasteiger partial charge in [0.25, 0.3) is 5.91 Å². The molecule has 11 heteroatoms. The second-order valence-corrected chi connectivity index (χ2v) is 10.9. The molecule has 196 valence electrons. The molecule has 1 saturated heterocycles. The van der Waals surface area contributed by atoms with E-state index in [1.54, 1.807) is 25.5 Å². The molecule has 0 bridgehead atoms. The number of fused-ring (bicyclic) bond motifs is 1. The number of ether oxygens (including phenoxy) is 1. The summed E-state index contributed by atoms with van der Waals surface area (Å²) in [7, 11) is 0. The van der Waals surface area contributed by atoms with E-state index in [-0.39, 0.29) is 23.5 Å². The van der Waals surface area contributed by atoms with Crippen LogP contribution in [0.3, 0.4) is 0 Å². The Labute approximate surface area is 214 Å². The predicted octanol–water partition coefficient (Wildman–Crippen LogP) is 4.05. The lowest BCUT2D eigenvalue weighted by Crippen LogP contribution is -2.45. The van der Waals surface area contributed by atoms with Crippen LogP contribution in [0.1, 0.15) is 56.2 Å². The predicted molar refractivity (Wildman–Crippen MR) is 136 cm³/mol. The van der Waals surface area contributed by atoms with Crippen molar-refractivity contribution in [1.29, 1.82) is 0 Å². The van der Waals surface area contributed by atoms with E-state index in [9.17, 15) is 14.0 Å². The van der Waals surface area contributed by atoms with Gasteiger partial charge in [0.1, 0.15) is 17.1 Å². The SMILES string of the molecule is Cc1cn2cc(NC(=O)c3cnc(N4CC[C@@H](N(CC5CC5)C(=O)OC(C)(C)C)C4)cn3)cc(F)c2n1. The maximum absolute atomic E-state index is 14.3. The first-order valence-corrected chi connectivity index (χ1v) is 12.6. The Morgan fingerprint density at radius 2 is 1.97 bits per heavy atom. The number of amides is 2. The van der Waals surface area contributed by atoms with E-state index in [1.807, 2.05) is 25.7 Å². The Kier molecular flexibility index (Phi) is 6.47. The smallest absolute Gasteiger partial charge is 0.410 e. The highest BCUT2D eigenvalue weighted by molar-refractivity contribution is 6.02. The number of aryl methyl sites for hydroxylation is 1. The number of imidazole rings is 1. The molecule has 1 aliphatic carbocycles. The number of carbonyl (C=O) groups excluding carboxylic acids is 2. The van der Waals surface area contributed by atoms with Gasteiger partial charge in [0.2, 0.25) is 0 Å². The Morgan fingerprint density at radius 3 is 2.65 bits per heavy atom. The number of nitrogens with zero attached hydrogens (tertiary/aromatic N) is 6. The highest BCUT2D eigenvalue weighted by atomic mass is 19.1. The third kappa shape index (κ3) is 5.81. The van der Waals surface area contributed by atoms with E-state index in [2.05, 4.69) is 25.2 Å². The second-order valence-electron chi connectivity index (χ2n) is 10.9. The molecule has 37 heavy (non-hydrogen) atoms. The molecule has 0 radical (unpaired) electrons. The maximum Gasteiger partial charge on any atom is 0.410 e. The number of pyridine rings is 1. The molecule has 1 N–H and O–H groups in total. The number of aromatic nitrogens is 4. The van der Waals surface area contributed by atoms with Gasteiger partial charge in [0.15, 0.2) is 11.5 Å². The fourth-order valence-corrected chi connectivity index (χ4v) is 4.52. The summed E-state index contributed by atoms with van der Waals surface area (Å²) >= 11 is 0. The number of rotatable bonds is 6. The van der Waals surface area contributed by atoms with Crippen molar-refractivity contribution < 1.29 is 18.7 Å². The summed E-state index contributed by atoms with van der Waals surface area (Å²) in [5.74, 6) is 0.162. The zero-order chi connectivity index (χ0) is 26.3. The monoisotopic (exact) mass is 509 g/mol. The molecule has 5 rings (SSSR count). The number of nitrogens with one attached hydrogen (secondary N) is 1. The number of anilines is 2. The summed E-state index contributed by atoms with van der Waals surface area (Å²) in [6, 6.07) is 1.25. The summed E-state index contributed by atoms with van der Waals surface area (Å²) in [5.41, 5.74) is 0.735. The molecule has 1 aliphatic heterocycles. The molecule has 2 aliphatic rings. The topological polar surface area (TPSA) is 105 Å². The summed E-state index contributed by atoms with van der Waals surface area (Å²) in [6.45, 7) is 9.45. The molecule has 1 saturated carbocycles. The van der Waals surface area contributed by atoms with Crippen LogP contribution in [0.4, 0.5) is 20.7 Å². The van der Waals surface area contributed by atoms with E-state index in [1.165, 1.54) is 16.7 Å². The van der Waals surface area contributed by atoms with E-state index < -0.39 is 17.3 Å². The minimum Gasteiger partial charge on any atom is -0.444 e. The lowest BCUT2D eigenvalue weighted by Gasteiger charge is -2.31. The summed E-state index contributed by atoms with van der Waals surface area (Å²) in [5, 5.41) is 2.66. The van der Waals surface area contributed by atoms with Crippen molar-refractivity contribution in [2.45, 2.75) is 58.6 Å². The highest BCUT2D eigenvalue weighted by Gasteiger charge is 2.37. The second kappa shape index (κ2) is 9.60. The average molecular weight is 510 g/mol. The Balaban J connectivity index is 1.23. The Morgan fingerprint density at radius 1 is 1.19 bits per heavy atom. The molecule has 2 fully saturated rings. The molecular formula is C26H32FN7O3. The van der Waals surface area contributed by atoms with Crippen molar-refractivity contribution in [1.82, 2.24) is 24.3 Å². The number of hydrogen-bond donors (Lipinski definition) is 1. The van der Waals surface area contributed by atoms with Gasteiger partial charge >= 0.3 is 6.09 Å². The van der Waals surface area contributed by atoms with Gasteiger partial charge in [-0.05, 0) is 52.9 Å². The van der Waals surface area contributed by atoms with Crippen LogP contribution < -0.4 is 10.2 Å². The molecule has 1 atom stereocenters. The van der Waals surface area contributed by atoms with Crippen LogP contribution in [0.2, 0.25) is 0 Å². The average Bonchev–Trinajstić information content (AvgIpc) is 3.36. The summed E-state index contributed by atoms with van der Waals surface area (Å²) in [6.07, 6.45) is 9.06. The third-order valence-corrected chi connectivity index (χ3v) is 6.46. The first kappa shape index (κ1) is 24.9. The van der Waals surface area contributed by atoms with Gasteiger partial charge in [0.05, 0.1) is 29.8 Å². The maximum atomic E-state index is 14.3. The van der Waals surface area contributed by atoms with E-state index in [0.717, 1.165) is 25.8 Å². The van der Waals surface area contributed by atoms with Crippen LogP contribution in [0.5, 0.6) is 0 Å². The molecule has 0 spiro atoms. The van der Waals surface area contributed by atoms with Gasteiger partial charge in [-0.2, -0.15) is 0 Å². The van der Waals surface area contributed by atoms with Crippen molar-refractivity contribution in [3.63, 3.8) is 0 Å². The van der Waals surface area contributed by atoms with Crippen LogP contribution in [0.25, 0.3) is 5.65 Å². The van der Waals surface area contributed by atoms with Crippen molar-refractivity contribution >= 4 is 29.2 Å². The zero-order valence-corrected chi connectivity index (χ0v) is 21.6. The standard InChI is InChI=1S/C26H32FN7O3/c1-16-12-33-14-18(9-20(27)23(33)30-16)31-24(35)21-10-29-22(11-28-21)32-8-7-19(15-32)34(13-17-5-6-17)25(36)37-26(2,3)4/h9-12,14,17,19H,5-8,13,15H2,1-4H3,(H,31,35)/t19-/m1/s1. The third-order valence-electron chi connectivity index (χ3n) is 6.46. The fourth-order valence-electron chi connectivity index (χ4n) is 4.52. The van der Waals surface area contributed by atoms with Crippen LogP contribution in [-0.2, 0) is 4.74 Å². The summed E-state index contributed by atoms with van der Waals surface area (Å²) in [4.78, 5) is 42.4. The van der Waals surface area contributed by atoms with Gasteiger partial charge in [-0.15, -0.1) is 0 Å². The van der Waals surface area contributed by atoms with Gasteiger partial charge in [-0.1, -0.05) is 0 Å². The molecule has 0 aromatic carbocycles. The van der Waals surface area contributed by atoms with E-state index in [4.69, 9.17) is 4.74 Å². The Bertz CT molecular complexity index is 1310. The molecule has 3 aromatic rings. The molecule has 0 unspecified atom stereocenters. The van der Waals surface area contributed by atoms with Gasteiger partial charge in [0, 0.05) is 38.1 Å². The van der Waals surface area contributed by atoms with Crippen molar-refractivity contribution in [3.05, 3.63) is 48.1 Å². The Hall–Kier alpha value is -3.76. The van der Waals surface area contributed by atoms with Crippen LogP contribution in [0.15, 0.2) is 30.9 Å². The molecule has 10 nitrogen and oxygen atoms in total. The minimum atomic E-state index is -0.547. The van der Waals surface area contributed by atoms with E-state index in [0.29, 0.717) is 36.2 Å². The highest BCUT2D eigenvalue weighted by Crippen LogP contribution is 2.32. The minimum absolute atomic E-state index is 0.0249. The molecular weight excluding hydrogens is 477 g/mol. The quantitative estimate of drug-likeness (QED) is 0.534. The molecule has 4 heterocycles. The first-order chi connectivity index (χ1) is 17.6. The number of halogens is 1. The van der Waals surface area contributed by atoms with Gasteiger partial charge in [-0.25, -0.2) is 24.1 Å². The first-order valence-electron chi connectivity index (χ1n) is 12.6. The molecule has 2 amide bonds. The molecule has 3 aromatic heterocycles. The fraction of sp³-hybridized carbons (Fsp3) is 0.500. The van der Waals surface area contributed by atoms with Gasteiger partial charge < -0.3 is 24.3 Å². The lowest BCUT2D eigenvalue weighted by molar-refractivity contribution is 0.0167. The summed E-state index contributed by atoms with van der Waals surface area (Å²) < 4.78 is 21.5. The largest absolute Gasteiger partial charge is 0.444 e. The van der Waals surface area contributed by atoms with Crippen molar-refractivity contribution in [2.24, 2.45) is 5.92 Å². The van der Waals surface area contributed by atoms with Crippen LogP contribution in [-0.4, -0.2) is 67.5 Å². The number of hydrogen-bond acceptors (Lipinski definition) is 7. The lowest BCUT2D eigenvalue weighted by atomic mass is 10.2. The number of carbonyl (C=O) groups is 2. The van der Waals surface area contributed by atoms with E-state index >= 15 is 0 Å². The van der Waals surface area contributed by atoms with Crippen LogP contribution in [0, 0.1) is 18.7 Å². The normalized spacial score (nSPS) is 17.8. The van der Waals surface area contributed by atoms with Crippen LogP contribution >= 0.6 is 0 Å². The zero-order valence-electron chi connectivity index (χ0n) is 21.6.